The van der Waals surface area contributed by atoms with Gasteiger partial charge in [-0.3, -0.25) is 0 Å². The lowest BCUT2D eigenvalue weighted by molar-refractivity contribution is -0.108. The first-order chi connectivity index (χ1) is 7.95. The molecular formula is C15H26O2. The van der Waals surface area contributed by atoms with Crippen molar-refractivity contribution in [2.24, 2.45) is 35.0 Å². The van der Waals surface area contributed by atoms with Crippen LogP contribution in [0.2, 0.25) is 0 Å². The molecule has 98 valence electrons. The average Bonchev–Trinajstić information content (AvgIpc) is 2.59. The van der Waals surface area contributed by atoms with E-state index in [1.54, 1.807) is 0 Å². The molecule has 1 saturated heterocycles. The Kier molecular flexibility index (Phi) is 2.45. The largest absolute Gasteiger partial charge is 0.396 e. The van der Waals surface area contributed by atoms with Crippen LogP contribution in [0.3, 0.4) is 0 Å². The third kappa shape index (κ3) is 1.19. The number of rotatable bonds is 2. The zero-order valence-electron chi connectivity index (χ0n) is 11.6. The van der Waals surface area contributed by atoms with Gasteiger partial charge >= 0.3 is 0 Å². The molecular weight excluding hydrogens is 212 g/mol. The summed E-state index contributed by atoms with van der Waals surface area (Å²) in [5.41, 5.74) is 0.247. The molecule has 2 aliphatic carbocycles. The van der Waals surface area contributed by atoms with Gasteiger partial charge in [-0.25, -0.2) is 0 Å². The molecule has 1 heterocycles. The molecule has 3 fully saturated rings. The fraction of sp³-hybridized carbons (Fsp3) is 1.00. The topological polar surface area (TPSA) is 29.5 Å². The fourth-order valence-corrected chi connectivity index (χ4v) is 5.46. The van der Waals surface area contributed by atoms with Gasteiger partial charge in [0, 0.05) is 17.9 Å². The van der Waals surface area contributed by atoms with Gasteiger partial charge in [-0.1, -0.05) is 20.8 Å². The molecule has 0 radical (unpaired) electrons. The van der Waals surface area contributed by atoms with E-state index in [0.29, 0.717) is 29.8 Å². The van der Waals surface area contributed by atoms with E-state index in [1.807, 2.05) is 0 Å². The van der Waals surface area contributed by atoms with Crippen LogP contribution in [0.5, 0.6) is 0 Å². The van der Waals surface area contributed by atoms with Crippen molar-refractivity contribution >= 4 is 0 Å². The number of hydrogen-bond acceptors (Lipinski definition) is 2. The lowest BCUT2D eigenvalue weighted by Gasteiger charge is -2.42. The van der Waals surface area contributed by atoms with Crippen molar-refractivity contribution in [2.45, 2.75) is 46.1 Å². The highest BCUT2D eigenvalue weighted by Crippen LogP contribution is 2.70. The van der Waals surface area contributed by atoms with Crippen LogP contribution < -0.4 is 0 Å². The van der Waals surface area contributed by atoms with Crippen LogP contribution in [0.4, 0.5) is 0 Å². The van der Waals surface area contributed by atoms with Crippen molar-refractivity contribution in [1.82, 2.24) is 0 Å². The molecule has 1 aliphatic heterocycles. The molecule has 2 heteroatoms. The second-order valence-corrected chi connectivity index (χ2v) is 7.25. The smallest absolute Gasteiger partial charge is 0.0764 e. The molecule has 0 aromatic heterocycles. The minimum Gasteiger partial charge on any atom is -0.396 e. The van der Waals surface area contributed by atoms with Crippen molar-refractivity contribution in [3.8, 4) is 0 Å². The van der Waals surface area contributed by atoms with E-state index in [1.165, 1.54) is 12.8 Å². The molecule has 3 aliphatic rings. The van der Waals surface area contributed by atoms with E-state index in [-0.39, 0.29) is 5.60 Å². The summed E-state index contributed by atoms with van der Waals surface area (Å²) >= 11 is 0. The van der Waals surface area contributed by atoms with E-state index < -0.39 is 0 Å². The van der Waals surface area contributed by atoms with E-state index in [2.05, 4.69) is 27.7 Å². The third-order valence-corrected chi connectivity index (χ3v) is 6.70. The lowest BCUT2D eigenvalue weighted by Crippen LogP contribution is -2.44. The summed E-state index contributed by atoms with van der Waals surface area (Å²) in [5.74, 6) is 3.27. The minimum atomic E-state index is -0.0687. The Morgan fingerprint density at radius 1 is 1.35 bits per heavy atom. The molecule has 0 amide bonds. The third-order valence-electron chi connectivity index (χ3n) is 6.70. The highest BCUT2D eigenvalue weighted by molar-refractivity contribution is 5.19. The Hall–Kier alpha value is -0.0800. The molecule has 2 unspecified atom stereocenters. The molecule has 2 saturated carbocycles. The van der Waals surface area contributed by atoms with Crippen molar-refractivity contribution in [2.75, 3.05) is 13.2 Å². The predicted octanol–water partition coefficient (Wildman–Crippen LogP) is 2.70. The van der Waals surface area contributed by atoms with Crippen LogP contribution in [0.1, 0.15) is 40.5 Å². The van der Waals surface area contributed by atoms with E-state index in [4.69, 9.17) is 4.74 Å². The molecule has 0 spiro atoms. The summed E-state index contributed by atoms with van der Waals surface area (Å²) in [7, 11) is 0. The Morgan fingerprint density at radius 2 is 2.06 bits per heavy atom. The number of aliphatic hydroxyl groups is 1. The molecule has 4 bridgehead atoms. The van der Waals surface area contributed by atoms with Gasteiger partial charge in [0.2, 0.25) is 0 Å². The van der Waals surface area contributed by atoms with Crippen molar-refractivity contribution < 1.29 is 9.84 Å². The first-order valence-electron chi connectivity index (χ1n) is 7.20. The second kappa shape index (κ2) is 3.48. The summed E-state index contributed by atoms with van der Waals surface area (Å²) in [6.07, 6.45) is 2.61. The van der Waals surface area contributed by atoms with Gasteiger partial charge < -0.3 is 9.84 Å². The normalized spacial score (nSPS) is 56.8. The van der Waals surface area contributed by atoms with Gasteiger partial charge in [0.15, 0.2) is 0 Å². The Bertz CT molecular complexity index is 327. The Labute approximate surface area is 105 Å². The molecule has 3 rings (SSSR count). The standard InChI is InChI=1S/C15H26O2/c1-9(2)10-5-6-14(3)12-8-17-15(14,4)11(7-16)13(10)12/h9-13,16H,5-8H2,1-4H3/t10-,11?,12?,13-,14-,15+/m1/s1. The second-order valence-electron chi connectivity index (χ2n) is 7.25. The molecule has 6 atom stereocenters. The summed E-state index contributed by atoms with van der Waals surface area (Å²) < 4.78 is 6.13. The van der Waals surface area contributed by atoms with Gasteiger partial charge in [0.25, 0.3) is 0 Å². The maximum absolute atomic E-state index is 9.83. The lowest BCUT2D eigenvalue weighted by atomic mass is 9.61. The first kappa shape index (κ1) is 12.0. The molecule has 0 aromatic rings. The van der Waals surface area contributed by atoms with Crippen LogP contribution in [-0.4, -0.2) is 23.9 Å². The zero-order valence-corrected chi connectivity index (χ0v) is 11.6. The molecule has 0 aromatic carbocycles. The van der Waals surface area contributed by atoms with Crippen molar-refractivity contribution in [3.63, 3.8) is 0 Å². The van der Waals surface area contributed by atoms with Crippen molar-refractivity contribution in [3.05, 3.63) is 0 Å². The number of aliphatic hydroxyl groups excluding tert-OH is 1. The van der Waals surface area contributed by atoms with E-state index in [0.717, 1.165) is 18.4 Å². The van der Waals surface area contributed by atoms with Gasteiger partial charge in [-0.2, -0.15) is 0 Å². The molecule has 2 nitrogen and oxygen atoms in total. The van der Waals surface area contributed by atoms with Crippen LogP contribution in [-0.2, 0) is 4.74 Å². The van der Waals surface area contributed by atoms with E-state index >= 15 is 0 Å². The van der Waals surface area contributed by atoms with Crippen LogP contribution in [0, 0.1) is 35.0 Å². The maximum atomic E-state index is 9.83. The summed E-state index contributed by atoms with van der Waals surface area (Å²) in [6, 6.07) is 0. The van der Waals surface area contributed by atoms with Gasteiger partial charge in [-0.15, -0.1) is 0 Å². The minimum absolute atomic E-state index is 0.0687. The fourth-order valence-electron chi connectivity index (χ4n) is 5.46. The highest BCUT2D eigenvalue weighted by Gasteiger charge is 2.72. The SMILES string of the molecule is CC(C)[C@H]1CC[C@]2(C)C3CO[C@@]2(C)C(CO)[C@H]31. The van der Waals surface area contributed by atoms with E-state index in [9.17, 15) is 5.11 Å². The van der Waals surface area contributed by atoms with Gasteiger partial charge in [0.05, 0.1) is 12.2 Å². The number of ether oxygens (including phenoxy) is 1. The van der Waals surface area contributed by atoms with Gasteiger partial charge in [-0.05, 0) is 43.4 Å². The monoisotopic (exact) mass is 238 g/mol. The summed E-state index contributed by atoms with van der Waals surface area (Å²) in [5, 5.41) is 9.83. The maximum Gasteiger partial charge on any atom is 0.0764 e. The summed E-state index contributed by atoms with van der Waals surface area (Å²) in [6.45, 7) is 10.6. The van der Waals surface area contributed by atoms with Crippen LogP contribution in [0.15, 0.2) is 0 Å². The Balaban J connectivity index is 2.03. The summed E-state index contributed by atoms with van der Waals surface area (Å²) in [4.78, 5) is 0. The first-order valence-corrected chi connectivity index (χ1v) is 7.20. The molecule has 17 heavy (non-hydrogen) atoms. The zero-order chi connectivity index (χ0) is 12.4. The van der Waals surface area contributed by atoms with Crippen LogP contribution >= 0.6 is 0 Å². The van der Waals surface area contributed by atoms with Crippen LogP contribution in [0.25, 0.3) is 0 Å². The highest BCUT2D eigenvalue weighted by atomic mass is 16.5. The predicted molar refractivity (Wildman–Crippen MR) is 67.6 cm³/mol. The number of hydrogen-bond donors (Lipinski definition) is 1. The average molecular weight is 238 g/mol. The molecule has 1 N–H and O–H groups in total. The van der Waals surface area contributed by atoms with Gasteiger partial charge in [0.1, 0.15) is 0 Å². The Morgan fingerprint density at radius 3 is 2.65 bits per heavy atom. The quantitative estimate of drug-likeness (QED) is 0.801. The van der Waals surface area contributed by atoms with Crippen molar-refractivity contribution in [1.29, 1.82) is 0 Å².